The molecule has 0 radical (unpaired) electrons. The van der Waals surface area contributed by atoms with Gasteiger partial charge in [-0.1, -0.05) is 24.3 Å². The van der Waals surface area contributed by atoms with Gasteiger partial charge < -0.3 is 0 Å². The van der Waals surface area contributed by atoms with Crippen molar-refractivity contribution < 1.29 is 9.25 Å². The van der Waals surface area contributed by atoms with Crippen LogP contribution in [0.2, 0.25) is 0 Å². The van der Waals surface area contributed by atoms with Gasteiger partial charge in [0.15, 0.2) is 12.7 Å². The van der Waals surface area contributed by atoms with Crippen LogP contribution in [0.15, 0.2) is 72.8 Å². The van der Waals surface area contributed by atoms with Crippen LogP contribution in [0.4, 0.5) is 0 Å². The van der Waals surface area contributed by atoms with E-state index in [1.54, 1.807) is 0 Å². The van der Waals surface area contributed by atoms with Crippen molar-refractivity contribution in [2.45, 2.75) is 40.7 Å². The molecule has 32 heavy (non-hydrogen) atoms. The number of hydrogen-bond donors (Lipinski definition) is 0. The maximum atomic E-state index is 2.41. The van der Waals surface area contributed by atoms with Crippen molar-refractivity contribution >= 4 is 21.8 Å². The van der Waals surface area contributed by atoms with Crippen LogP contribution in [0, 0.1) is 20.8 Å². The lowest BCUT2D eigenvalue weighted by Crippen LogP contribution is -2.42. The van der Waals surface area contributed by atoms with E-state index in [1.807, 2.05) is 0 Å². The molecule has 0 saturated carbocycles. The average Bonchev–Trinajstić information content (AvgIpc) is 3.07. The highest BCUT2D eigenvalue weighted by Crippen LogP contribution is 2.33. The van der Waals surface area contributed by atoms with E-state index in [0.29, 0.717) is 6.04 Å². The van der Waals surface area contributed by atoms with Crippen LogP contribution in [0.1, 0.15) is 36.7 Å². The predicted octanol–water partition coefficient (Wildman–Crippen LogP) is 6.07. The van der Waals surface area contributed by atoms with Crippen molar-refractivity contribution in [3.05, 3.63) is 89.6 Å². The minimum absolute atomic E-state index is 0.373. The molecule has 160 valence electrons. The fourth-order valence-corrected chi connectivity index (χ4v) is 5.21. The zero-order valence-electron chi connectivity index (χ0n) is 19.8. The lowest BCUT2D eigenvalue weighted by atomic mass is 9.97. The number of aromatic nitrogens is 3. The van der Waals surface area contributed by atoms with Gasteiger partial charge in [-0.15, -0.1) is 4.68 Å². The van der Waals surface area contributed by atoms with Crippen molar-refractivity contribution in [2.75, 3.05) is 0 Å². The van der Waals surface area contributed by atoms with Gasteiger partial charge in [-0.05, 0) is 63.6 Å². The summed E-state index contributed by atoms with van der Waals surface area (Å²) >= 11 is 0. The molecule has 0 spiro atoms. The molecule has 0 fully saturated rings. The van der Waals surface area contributed by atoms with Crippen molar-refractivity contribution in [3.63, 3.8) is 0 Å². The molecule has 0 N–H and O–H groups in total. The Kier molecular flexibility index (Phi) is 4.85. The van der Waals surface area contributed by atoms with E-state index in [9.17, 15) is 0 Å². The highest BCUT2D eigenvalue weighted by atomic mass is 15.4. The van der Waals surface area contributed by atoms with E-state index in [-0.39, 0.29) is 0 Å². The first-order chi connectivity index (χ1) is 15.4. The number of pyridine rings is 1. The van der Waals surface area contributed by atoms with E-state index < -0.39 is 0 Å². The highest BCUT2D eigenvalue weighted by Gasteiger charge is 2.29. The summed E-state index contributed by atoms with van der Waals surface area (Å²) in [5.41, 5.74) is 10.1. The van der Waals surface area contributed by atoms with Gasteiger partial charge in [0.2, 0.25) is 16.9 Å². The van der Waals surface area contributed by atoms with Crippen LogP contribution < -0.4 is 9.25 Å². The Morgan fingerprint density at radius 2 is 1.53 bits per heavy atom. The number of benzene rings is 3. The van der Waals surface area contributed by atoms with Gasteiger partial charge in [0.1, 0.15) is 5.52 Å². The van der Waals surface area contributed by atoms with Crippen molar-refractivity contribution in [1.29, 1.82) is 0 Å². The Morgan fingerprint density at radius 3 is 2.31 bits per heavy atom. The number of para-hydroxylation sites is 2. The van der Waals surface area contributed by atoms with Crippen LogP contribution in [0.25, 0.3) is 38.8 Å². The van der Waals surface area contributed by atoms with Gasteiger partial charge in [0, 0.05) is 36.1 Å². The number of hydrogen-bond acceptors (Lipinski definition) is 0. The largest absolute Gasteiger partial charge is 0.246 e. The molecule has 0 atom stereocenters. The standard InChI is InChI=1S/C29H31N3/c1-19(2)32-27-14-10-8-12-24(27)29(30(32)6)25-17-20(3)18-28(22(25)5)31-21(4)15-16-23-11-7-9-13-26(23)31/h7-19H,1-6H3/q+2. The number of aryl methyl sites for hydroxylation is 2. The van der Waals surface area contributed by atoms with Crippen molar-refractivity contribution in [2.24, 2.45) is 7.05 Å². The molecule has 5 aromatic rings. The maximum Gasteiger partial charge on any atom is 0.246 e. The molecular formula is C29H31N3+2. The summed E-state index contributed by atoms with van der Waals surface area (Å²) < 4.78 is 7.13. The van der Waals surface area contributed by atoms with Crippen molar-refractivity contribution in [1.82, 2.24) is 4.68 Å². The second-order valence-electron chi connectivity index (χ2n) is 9.15. The van der Waals surface area contributed by atoms with E-state index in [1.165, 1.54) is 55.6 Å². The fourth-order valence-electron chi connectivity index (χ4n) is 5.21. The van der Waals surface area contributed by atoms with E-state index in [4.69, 9.17) is 0 Å². The Labute approximate surface area is 190 Å². The summed E-state index contributed by atoms with van der Waals surface area (Å²) in [6.45, 7) is 11.2. The Morgan fingerprint density at radius 1 is 0.812 bits per heavy atom. The molecule has 3 heteroatoms. The second kappa shape index (κ2) is 7.59. The van der Waals surface area contributed by atoms with E-state index >= 15 is 0 Å². The monoisotopic (exact) mass is 421 g/mol. The van der Waals surface area contributed by atoms with Gasteiger partial charge in [-0.3, -0.25) is 0 Å². The first-order valence-electron chi connectivity index (χ1n) is 11.4. The molecule has 2 heterocycles. The predicted molar refractivity (Wildman–Crippen MR) is 132 cm³/mol. The molecule has 0 aliphatic heterocycles. The first-order valence-corrected chi connectivity index (χ1v) is 11.4. The second-order valence-corrected chi connectivity index (χ2v) is 9.15. The lowest BCUT2D eigenvalue weighted by Gasteiger charge is -2.11. The third kappa shape index (κ3) is 3.03. The van der Waals surface area contributed by atoms with Gasteiger partial charge in [0.05, 0.1) is 17.0 Å². The van der Waals surface area contributed by atoms with Crippen molar-refractivity contribution in [3.8, 4) is 16.9 Å². The number of fused-ring (bicyclic) bond motifs is 2. The maximum absolute atomic E-state index is 2.41. The Hall–Kier alpha value is -3.46. The molecule has 3 aromatic carbocycles. The molecule has 0 unspecified atom stereocenters. The lowest BCUT2D eigenvalue weighted by molar-refractivity contribution is -0.743. The zero-order valence-corrected chi connectivity index (χ0v) is 19.8. The minimum Gasteiger partial charge on any atom is -0.157 e. The number of rotatable bonds is 3. The third-order valence-corrected chi connectivity index (χ3v) is 6.60. The smallest absolute Gasteiger partial charge is 0.157 e. The van der Waals surface area contributed by atoms with Crippen LogP contribution in [0.5, 0.6) is 0 Å². The molecule has 3 nitrogen and oxygen atoms in total. The van der Waals surface area contributed by atoms with Crippen LogP contribution in [-0.4, -0.2) is 4.68 Å². The molecular weight excluding hydrogens is 390 g/mol. The van der Waals surface area contributed by atoms with Gasteiger partial charge >= 0.3 is 0 Å². The average molecular weight is 422 g/mol. The quantitative estimate of drug-likeness (QED) is 0.314. The van der Waals surface area contributed by atoms with Gasteiger partial charge in [0.25, 0.3) is 0 Å². The minimum atomic E-state index is 0.373. The third-order valence-electron chi connectivity index (χ3n) is 6.60. The topological polar surface area (TPSA) is 12.7 Å². The van der Waals surface area contributed by atoms with E-state index in [2.05, 4.69) is 128 Å². The Bertz CT molecular complexity index is 1490. The van der Waals surface area contributed by atoms with Crippen LogP contribution >= 0.6 is 0 Å². The SMILES string of the molecule is Cc1cc(-c2c3ccccc3n(C(C)C)[n+]2C)c(C)c(-[n+]2c(C)ccc3ccccc32)c1. The zero-order chi connectivity index (χ0) is 22.6. The summed E-state index contributed by atoms with van der Waals surface area (Å²) in [7, 11) is 2.19. The summed E-state index contributed by atoms with van der Waals surface area (Å²) in [6, 6.07) is 26.9. The van der Waals surface area contributed by atoms with Crippen LogP contribution in [0.3, 0.4) is 0 Å². The fraction of sp³-hybridized carbons (Fsp3) is 0.241. The van der Waals surface area contributed by atoms with Gasteiger partial charge in [-0.2, -0.15) is 9.25 Å². The van der Waals surface area contributed by atoms with Crippen LogP contribution in [-0.2, 0) is 7.05 Å². The molecule has 0 aliphatic rings. The summed E-state index contributed by atoms with van der Waals surface area (Å²) in [5.74, 6) is 0. The molecule has 0 bridgehead atoms. The van der Waals surface area contributed by atoms with E-state index in [0.717, 1.165) is 0 Å². The molecule has 2 aromatic heterocycles. The summed E-state index contributed by atoms with van der Waals surface area (Å²) in [4.78, 5) is 0. The normalized spacial score (nSPS) is 11.7. The molecule has 0 amide bonds. The highest BCUT2D eigenvalue weighted by molar-refractivity contribution is 5.92. The molecule has 0 saturated heterocycles. The molecule has 0 aliphatic carbocycles. The number of nitrogens with zero attached hydrogens (tertiary/aromatic N) is 3. The van der Waals surface area contributed by atoms with Gasteiger partial charge in [-0.25, -0.2) is 0 Å². The first kappa shape index (κ1) is 20.4. The Balaban J connectivity index is 1.87. The summed E-state index contributed by atoms with van der Waals surface area (Å²) in [5, 5.41) is 2.55. The molecule has 5 rings (SSSR count). The summed E-state index contributed by atoms with van der Waals surface area (Å²) in [6.07, 6.45) is 0.